The molecule has 2 aromatic rings. The van der Waals surface area contributed by atoms with Gasteiger partial charge in [-0.15, -0.1) is 0 Å². The molecule has 0 bridgehead atoms. The zero-order valence-electron chi connectivity index (χ0n) is 15.9. The number of fused-ring (bicyclic) bond motifs is 7. The van der Waals surface area contributed by atoms with Crippen molar-refractivity contribution in [2.45, 2.75) is 63.4 Å². The fourth-order valence-electron chi connectivity index (χ4n) is 7.29. The maximum absolute atomic E-state index is 9.88. The van der Waals surface area contributed by atoms with Gasteiger partial charge in [-0.25, -0.2) is 0 Å². The lowest BCUT2D eigenvalue weighted by Gasteiger charge is -2.53. The van der Waals surface area contributed by atoms with Crippen LogP contribution >= 0.6 is 0 Å². The molecule has 0 saturated heterocycles. The highest BCUT2D eigenvalue weighted by Crippen LogP contribution is 2.67. The molecule has 1 spiro atoms. The van der Waals surface area contributed by atoms with Crippen LogP contribution in [0, 0.1) is 17.3 Å². The summed E-state index contributed by atoms with van der Waals surface area (Å²) in [5.74, 6) is 3.57. The third kappa shape index (κ3) is 2.00. The molecule has 1 N–H and O–H groups in total. The van der Waals surface area contributed by atoms with Gasteiger partial charge in [-0.05, 0) is 91.7 Å². The highest BCUT2D eigenvalue weighted by atomic mass is 16.5. The molecule has 1 unspecified atom stereocenters. The molecule has 140 valence electrons. The van der Waals surface area contributed by atoms with Crippen molar-refractivity contribution >= 4 is 0 Å². The molecule has 2 saturated carbocycles. The summed E-state index contributed by atoms with van der Waals surface area (Å²) in [6.07, 6.45) is 10.2. The van der Waals surface area contributed by atoms with E-state index in [2.05, 4.69) is 24.0 Å². The van der Waals surface area contributed by atoms with E-state index in [1.807, 2.05) is 24.4 Å². The Morgan fingerprint density at radius 2 is 2.07 bits per heavy atom. The number of pyridine rings is 1. The molecule has 6 rings (SSSR count). The number of ether oxygens (including phenoxy) is 1. The van der Waals surface area contributed by atoms with Crippen LogP contribution in [0.1, 0.15) is 61.8 Å². The van der Waals surface area contributed by atoms with Crippen molar-refractivity contribution in [2.75, 3.05) is 0 Å². The van der Waals surface area contributed by atoms with Gasteiger partial charge < -0.3 is 9.84 Å². The van der Waals surface area contributed by atoms with Gasteiger partial charge in [0.15, 0.2) is 0 Å². The molecule has 5 atom stereocenters. The Morgan fingerprint density at radius 3 is 2.96 bits per heavy atom. The van der Waals surface area contributed by atoms with Crippen molar-refractivity contribution < 1.29 is 9.84 Å². The van der Waals surface area contributed by atoms with E-state index >= 15 is 0 Å². The molecule has 2 fully saturated rings. The number of aromatic hydroxyl groups is 1. The van der Waals surface area contributed by atoms with Gasteiger partial charge in [0.2, 0.25) is 0 Å². The van der Waals surface area contributed by atoms with Crippen LogP contribution in [-0.4, -0.2) is 15.7 Å². The summed E-state index contributed by atoms with van der Waals surface area (Å²) in [7, 11) is 0. The first-order valence-electron chi connectivity index (χ1n) is 10.5. The number of hydrogen-bond donors (Lipinski definition) is 1. The largest absolute Gasteiger partial charge is 0.508 e. The predicted octanol–water partition coefficient (Wildman–Crippen LogP) is 5.02. The average molecular weight is 361 g/mol. The Hall–Kier alpha value is -2.03. The molecular weight excluding hydrogens is 334 g/mol. The van der Waals surface area contributed by atoms with E-state index in [0.717, 1.165) is 42.5 Å². The number of aryl methyl sites for hydroxylation is 1. The van der Waals surface area contributed by atoms with Crippen LogP contribution in [0.5, 0.6) is 11.5 Å². The van der Waals surface area contributed by atoms with Crippen LogP contribution in [0.2, 0.25) is 0 Å². The standard InChI is InChI=1S/C24H27NO2/c1-23-10-8-18-17-7-5-16(26)13-15(17)4-6-19(18)20(23)9-11-24(23)14-21-22(27-24)3-2-12-25-21/h2-3,5,7,12-13,18-20,26H,4,6,8-11,14H2,1H3/t18-,19-,20+,23+,24?/m1/s1. The SMILES string of the molecule is C[C@]12CC[C@@H]3c4ccc(O)cc4CC[C@H]3[C@@H]1CCC21Cc2ncccc2O1. The molecule has 1 aromatic heterocycles. The average Bonchev–Trinajstić information content (AvgIpc) is 3.19. The Bertz CT molecular complexity index is 897. The van der Waals surface area contributed by atoms with E-state index in [1.54, 1.807) is 0 Å². The lowest BCUT2D eigenvalue weighted by molar-refractivity contribution is -0.0725. The Kier molecular flexibility index (Phi) is 3.12. The van der Waals surface area contributed by atoms with Gasteiger partial charge in [-0.2, -0.15) is 0 Å². The lowest BCUT2D eigenvalue weighted by Crippen LogP contribution is -2.53. The van der Waals surface area contributed by atoms with E-state index in [9.17, 15) is 5.11 Å². The van der Waals surface area contributed by atoms with Gasteiger partial charge in [0.05, 0.1) is 5.69 Å². The molecule has 3 heteroatoms. The van der Waals surface area contributed by atoms with E-state index in [1.165, 1.54) is 36.8 Å². The van der Waals surface area contributed by atoms with Crippen molar-refractivity contribution in [3.8, 4) is 11.5 Å². The summed E-state index contributed by atoms with van der Waals surface area (Å²) >= 11 is 0. The summed E-state index contributed by atoms with van der Waals surface area (Å²) in [5, 5.41) is 9.88. The van der Waals surface area contributed by atoms with E-state index in [4.69, 9.17) is 4.74 Å². The Balaban J connectivity index is 1.36. The maximum Gasteiger partial charge on any atom is 0.141 e. The van der Waals surface area contributed by atoms with Crippen LogP contribution in [0.4, 0.5) is 0 Å². The molecule has 1 aromatic carbocycles. The monoisotopic (exact) mass is 361 g/mol. The molecule has 0 radical (unpaired) electrons. The van der Waals surface area contributed by atoms with E-state index in [-0.39, 0.29) is 11.0 Å². The van der Waals surface area contributed by atoms with Gasteiger partial charge in [0.25, 0.3) is 0 Å². The highest BCUT2D eigenvalue weighted by Gasteiger charge is 2.65. The minimum Gasteiger partial charge on any atom is -0.508 e. The molecule has 3 nitrogen and oxygen atoms in total. The summed E-state index contributed by atoms with van der Waals surface area (Å²) in [4.78, 5) is 4.62. The second kappa shape index (κ2) is 5.27. The van der Waals surface area contributed by atoms with Crippen LogP contribution in [0.3, 0.4) is 0 Å². The summed E-state index contributed by atoms with van der Waals surface area (Å²) in [6, 6.07) is 10.2. The summed E-state index contributed by atoms with van der Waals surface area (Å²) in [5.41, 5.74) is 4.23. The zero-order chi connectivity index (χ0) is 18.2. The van der Waals surface area contributed by atoms with Crippen LogP contribution in [-0.2, 0) is 12.8 Å². The molecule has 1 aliphatic heterocycles. The number of benzene rings is 1. The quantitative estimate of drug-likeness (QED) is 0.717. The molecule has 27 heavy (non-hydrogen) atoms. The summed E-state index contributed by atoms with van der Waals surface area (Å²) < 4.78 is 6.70. The predicted molar refractivity (Wildman–Crippen MR) is 104 cm³/mol. The van der Waals surface area contributed by atoms with Crippen LogP contribution < -0.4 is 4.74 Å². The first-order valence-corrected chi connectivity index (χ1v) is 10.5. The third-order valence-corrected chi connectivity index (χ3v) is 8.61. The third-order valence-electron chi connectivity index (χ3n) is 8.61. The zero-order valence-corrected chi connectivity index (χ0v) is 15.9. The Labute approximate surface area is 160 Å². The number of rotatable bonds is 0. The smallest absolute Gasteiger partial charge is 0.141 e. The Morgan fingerprint density at radius 1 is 1.15 bits per heavy atom. The maximum atomic E-state index is 9.88. The minimum absolute atomic E-state index is 0.0471. The molecule has 4 aliphatic rings. The van der Waals surface area contributed by atoms with E-state index < -0.39 is 0 Å². The lowest BCUT2D eigenvalue weighted by atomic mass is 9.53. The first-order chi connectivity index (χ1) is 13.1. The van der Waals surface area contributed by atoms with Crippen molar-refractivity contribution in [3.63, 3.8) is 0 Å². The topological polar surface area (TPSA) is 42.4 Å². The van der Waals surface area contributed by atoms with E-state index in [0.29, 0.717) is 11.7 Å². The van der Waals surface area contributed by atoms with Gasteiger partial charge in [-0.1, -0.05) is 13.0 Å². The molecule has 0 amide bonds. The van der Waals surface area contributed by atoms with Gasteiger partial charge in [0, 0.05) is 18.0 Å². The number of nitrogens with zero attached hydrogens (tertiary/aromatic N) is 1. The minimum atomic E-state index is -0.0471. The van der Waals surface area contributed by atoms with Gasteiger partial charge in [0.1, 0.15) is 17.1 Å². The first kappa shape index (κ1) is 16.0. The van der Waals surface area contributed by atoms with Gasteiger partial charge >= 0.3 is 0 Å². The van der Waals surface area contributed by atoms with Crippen molar-refractivity contribution in [1.82, 2.24) is 4.98 Å². The van der Waals surface area contributed by atoms with Crippen LogP contribution in [0.25, 0.3) is 0 Å². The molecule has 3 aliphatic carbocycles. The molecule has 2 heterocycles. The van der Waals surface area contributed by atoms with Crippen LogP contribution in [0.15, 0.2) is 36.5 Å². The van der Waals surface area contributed by atoms with Gasteiger partial charge in [-0.3, -0.25) is 4.98 Å². The number of phenols is 1. The highest BCUT2D eigenvalue weighted by molar-refractivity contribution is 5.41. The van der Waals surface area contributed by atoms with Crippen molar-refractivity contribution in [3.05, 3.63) is 53.3 Å². The number of phenolic OH excluding ortho intramolecular Hbond substituents is 1. The van der Waals surface area contributed by atoms with Crippen molar-refractivity contribution in [1.29, 1.82) is 0 Å². The number of aromatic nitrogens is 1. The fourth-order valence-corrected chi connectivity index (χ4v) is 7.29. The molecular formula is C24H27NO2. The second-order valence-electron chi connectivity index (χ2n) is 9.51. The number of hydrogen-bond acceptors (Lipinski definition) is 3. The van der Waals surface area contributed by atoms with Crippen molar-refractivity contribution in [2.24, 2.45) is 17.3 Å². The fraction of sp³-hybridized carbons (Fsp3) is 0.542. The normalized spacial score (nSPS) is 38.6. The summed E-state index contributed by atoms with van der Waals surface area (Å²) in [6.45, 7) is 2.51. The second-order valence-corrected chi connectivity index (χ2v) is 9.51.